The van der Waals surface area contributed by atoms with Gasteiger partial charge < -0.3 is 9.84 Å². The quantitative estimate of drug-likeness (QED) is 0.768. The third-order valence-electron chi connectivity index (χ3n) is 2.58. The molecule has 2 N–H and O–H groups in total. The van der Waals surface area contributed by atoms with Gasteiger partial charge in [-0.2, -0.15) is 0 Å². The Morgan fingerprint density at radius 1 is 1.50 bits per heavy atom. The third-order valence-corrected chi connectivity index (χ3v) is 5.15. The first-order valence-electron chi connectivity index (χ1n) is 5.82. The Bertz CT molecular complexity index is 588. The summed E-state index contributed by atoms with van der Waals surface area (Å²) < 4.78 is 32.0. The van der Waals surface area contributed by atoms with Gasteiger partial charge in [-0.15, -0.1) is 0 Å². The van der Waals surface area contributed by atoms with Crippen LogP contribution in [0.15, 0.2) is 27.6 Å². The minimum Gasteiger partial charge on any atom is -0.478 e. The Morgan fingerprint density at radius 3 is 2.65 bits per heavy atom. The van der Waals surface area contributed by atoms with Gasteiger partial charge in [0.25, 0.3) is 0 Å². The number of sulfonamides is 1. The van der Waals surface area contributed by atoms with E-state index in [4.69, 9.17) is 9.84 Å². The van der Waals surface area contributed by atoms with E-state index in [0.717, 1.165) is 0 Å². The minimum absolute atomic E-state index is 0.00627. The molecule has 1 rings (SSSR count). The number of carbonyl (C=O) groups is 1. The van der Waals surface area contributed by atoms with Crippen LogP contribution in [0.25, 0.3) is 0 Å². The second-order valence-electron chi connectivity index (χ2n) is 4.25. The second-order valence-corrected chi connectivity index (χ2v) is 6.79. The molecule has 0 aliphatic rings. The largest absolute Gasteiger partial charge is 0.478 e. The van der Waals surface area contributed by atoms with Crippen LogP contribution in [0.2, 0.25) is 0 Å². The summed E-state index contributed by atoms with van der Waals surface area (Å²) in [5.74, 6) is -1.11. The Labute approximate surface area is 126 Å². The van der Waals surface area contributed by atoms with Crippen LogP contribution in [0.3, 0.4) is 0 Å². The van der Waals surface area contributed by atoms with E-state index in [9.17, 15) is 13.2 Å². The van der Waals surface area contributed by atoms with Crippen molar-refractivity contribution in [2.45, 2.75) is 24.3 Å². The van der Waals surface area contributed by atoms with Crippen molar-refractivity contribution in [2.24, 2.45) is 0 Å². The smallest absolute Gasteiger partial charge is 0.335 e. The van der Waals surface area contributed by atoms with Crippen molar-refractivity contribution in [3.63, 3.8) is 0 Å². The SMILES string of the molecule is COCCC(C)NS(=O)(=O)c1ccc(C(=O)O)cc1Br. The third kappa shape index (κ3) is 4.55. The molecule has 0 amide bonds. The van der Waals surface area contributed by atoms with Crippen molar-refractivity contribution in [1.82, 2.24) is 4.72 Å². The average Bonchev–Trinajstić information content (AvgIpc) is 2.35. The lowest BCUT2D eigenvalue weighted by Crippen LogP contribution is -2.33. The van der Waals surface area contributed by atoms with Crippen LogP contribution in [0.1, 0.15) is 23.7 Å². The van der Waals surface area contributed by atoms with E-state index in [0.29, 0.717) is 13.0 Å². The topological polar surface area (TPSA) is 92.7 Å². The fourth-order valence-corrected chi connectivity index (χ4v) is 3.89. The fraction of sp³-hybridized carbons (Fsp3) is 0.417. The van der Waals surface area contributed by atoms with Crippen molar-refractivity contribution in [3.8, 4) is 0 Å². The van der Waals surface area contributed by atoms with E-state index in [-0.39, 0.29) is 21.0 Å². The second kappa shape index (κ2) is 7.16. The molecule has 0 aliphatic heterocycles. The Balaban J connectivity index is 2.95. The first-order valence-corrected chi connectivity index (χ1v) is 8.09. The number of hydrogen-bond donors (Lipinski definition) is 2. The van der Waals surface area contributed by atoms with Crippen LogP contribution < -0.4 is 4.72 Å². The van der Waals surface area contributed by atoms with Gasteiger partial charge in [0, 0.05) is 24.2 Å². The molecule has 1 atom stereocenters. The number of halogens is 1. The van der Waals surface area contributed by atoms with Gasteiger partial charge in [0.15, 0.2) is 0 Å². The van der Waals surface area contributed by atoms with E-state index in [1.165, 1.54) is 18.2 Å². The highest BCUT2D eigenvalue weighted by Gasteiger charge is 2.21. The predicted octanol–water partition coefficient (Wildman–Crippen LogP) is 1.85. The highest BCUT2D eigenvalue weighted by molar-refractivity contribution is 9.10. The molecule has 8 heteroatoms. The Hall–Kier alpha value is -0.960. The number of carboxylic acid groups (broad SMARTS) is 1. The van der Waals surface area contributed by atoms with Gasteiger partial charge in [0.05, 0.1) is 10.5 Å². The molecule has 0 fully saturated rings. The summed E-state index contributed by atoms with van der Waals surface area (Å²) in [7, 11) is -2.16. The molecule has 1 aromatic carbocycles. The molecule has 112 valence electrons. The van der Waals surface area contributed by atoms with Crippen LogP contribution in [0.5, 0.6) is 0 Å². The maximum atomic E-state index is 12.2. The fourth-order valence-electron chi connectivity index (χ4n) is 1.53. The lowest BCUT2D eigenvalue weighted by molar-refractivity contribution is 0.0696. The molecule has 1 unspecified atom stereocenters. The molecule has 0 aliphatic carbocycles. The maximum Gasteiger partial charge on any atom is 0.335 e. The van der Waals surface area contributed by atoms with Crippen LogP contribution in [0.4, 0.5) is 0 Å². The molecule has 0 saturated carbocycles. The van der Waals surface area contributed by atoms with Crippen molar-refractivity contribution < 1.29 is 23.1 Å². The van der Waals surface area contributed by atoms with E-state index in [1.807, 2.05) is 0 Å². The van der Waals surface area contributed by atoms with Crippen molar-refractivity contribution in [2.75, 3.05) is 13.7 Å². The van der Waals surface area contributed by atoms with Gasteiger partial charge in [-0.1, -0.05) is 0 Å². The summed E-state index contributed by atoms with van der Waals surface area (Å²) in [6, 6.07) is 3.49. The summed E-state index contributed by atoms with van der Waals surface area (Å²) in [5, 5.41) is 8.85. The number of hydrogen-bond acceptors (Lipinski definition) is 4. The molecule has 0 heterocycles. The summed E-state index contributed by atoms with van der Waals surface area (Å²) >= 11 is 3.09. The zero-order chi connectivity index (χ0) is 15.3. The number of nitrogens with one attached hydrogen (secondary N) is 1. The first-order chi connectivity index (χ1) is 9.27. The van der Waals surface area contributed by atoms with Crippen LogP contribution in [-0.2, 0) is 14.8 Å². The predicted molar refractivity (Wildman–Crippen MR) is 77.4 cm³/mol. The lowest BCUT2D eigenvalue weighted by Gasteiger charge is -2.14. The van der Waals surface area contributed by atoms with Crippen LogP contribution in [0, 0.1) is 0 Å². The summed E-state index contributed by atoms with van der Waals surface area (Å²) in [5.41, 5.74) is 0.0169. The maximum absolute atomic E-state index is 12.2. The molecule has 1 aromatic rings. The van der Waals surface area contributed by atoms with Crippen molar-refractivity contribution in [3.05, 3.63) is 28.2 Å². The first kappa shape index (κ1) is 17.1. The molecule has 0 saturated heterocycles. The van der Waals surface area contributed by atoms with E-state index >= 15 is 0 Å². The molecule has 0 aromatic heterocycles. The van der Waals surface area contributed by atoms with E-state index in [2.05, 4.69) is 20.7 Å². The lowest BCUT2D eigenvalue weighted by atomic mass is 10.2. The number of rotatable bonds is 7. The molecule has 6 nitrogen and oxygen atoms in total. The molecular weight excluding hydrogens is 350 g/mol. The molecule has 20 heavy (non-hydrogen) atoms. The Morgan fingerprint density at radius 2 is 2.15 bits per heavy atom. The molecule has 0 radical (unpaired) electrons. The highest BCUT2D eigenvalue weighted by atomic mass is 79.9. The van der Waals surface area contributed by atoms with Crippen LogP contribution >= 0.6 is 15.9 Å². The summed E-state index contributed by atoms with van der Waals surface area (Å²) in [6.07, 6.45) is 0.542. The van der Waals surface area contributed by atoms with Gasteiger partial charge >= 0.3 is 5.97 Å². The summed E-state index contributed by atoms with van der Waals surface area (Å²) in [6.45, 7) is 2.18. The minimum atomic E-state index is -3.71. The number of methoxy groups -OCH3 is 1. The van der Waals surface area contributed by atoms with Gasteiger partial charge in [0.1, 0.15) is 0 Å². The van der Waals surface area contributed by atoms with E-state index < -0.39 is 16.0 Å². The van der Waals surface area contributed by atoms with E-state index in [1.54, 1.807) is 14.0 Å². The summed E-state index contributed by atoms with van der Waals surface area (Å²) in [4.78, 5) is 10.8. The zero-order valence-electron chi connectivity index (χ0n) is 11.1. The normalized spacial score (nSPS) is 13.2. The number of benzene rings is 1. The van der Waals surface area contributed by atoms with Crippen LogP contribution in [-0.4, -0.2) is 39.3 Å². The average molecular weight is 366 g/mol. The van der Waals surface area contributed by atoms with Gasteiger partial charge in [-0.25, -0.2) is 17.9 Å². The molecule has 0 spiro atoms. The molecule has 0 bridgehead atoms. The highest BCUT2D eigenvalue weighted by Crippen LogP contribution is 2.23. The number of ether oxygens (including phenoxy) is 1. The van der Waals surface area contributed by atoms with Crippen molar-refractivity contribution >= 4 is 31.9 Å². The molecular formula is C12H16BrNO5S. The van der Waals surface area contributed by atoms with Crippen molar-refractivity contribution in [1.29, 1.82) is 0 Å². The number of aromatic carboxylic acids is 1. The van der Waals surface area contributed by atoms with Gasteiger partial charge in [-0.05, 0) is 47.5 Å². The van der Waals surface area contributed by atoms with Gasteiger partial charge in [-0.3, -0.25) is 0 Å². The monoisotopic (exact) mass is 365 g/mol. The number of carboxylic acids is 1. The Kier molecular flexibility index (Phi) is 6.12. The zero-order valence-corrected chi connectivity index (χ0v) is 13.5. The standard InChI is InChI=1S/C12H16BrNO5S/c1-8(5-6-19-2)14-20(17,18)11-4-3-9(12(15)16)7-10(11)13/h3-4,7-8,14H,5-6H2,1-2H3,(H,15,16). The van der Waals surface area contributed by atoms with Gasteiger partial charge in [0.2, 0.25) is 10.0 Å².